The van der Waals surface area contributed by atoms with E-state index < -0.39 is 198 Å². The van der Waals surface area contributed by atoms with Gasteiger partial charge in [-0.3, -0.25) is 57.5 Å². The van der Waals surface area contributed by atoms with Gasteiger partial charge in [-0.1, -0.05) is 77.9 Å². The van der Waals surface area contributed by atoms with E-state index in [1.165, 1.54) is 0 Å². The lowest BCUT2D eigenvalue weighted by molar-refractivity contribution is -0.192. The molecular weight excluding hydrogens is 1810 g/mol. The molecule has 12 rings (SSSR count). The molecule has 42 nitrogen and oxygen atoms in total. The van der Waals surface area contributed by atoms with Crippen LogP contribution >= 0.6 is 0 Å². The molecule has 42 heteroatoms. The Balaban J connectivity index is 0.551. The maximum atomic E-state index is 14.5. The molecule has 10 heterocycles. The molecule has 6 aliphatic heterocycles. The number of aryl methyl sites for hydroxylation is 2. The van der Waals surface area contributed by atoms with E-state index in [1.807, 2.05) is 62.4 Å². The van der Waals surface area contributed by atoms with E-state index in [2.05, 4.69) is 37.2 Å². The minimum absolute atomic E-state index is 0.00734. The Hall–Kier alpha value is -13.2. The number of aromatic nitrogens is 4. The fraction of sp³-hybridized carbons (Fsp3) is 0.557. The third-order valence-electron chi connectivity index (χ3n) is 25.3. The molecule has 2 fully saturated rings. The summed E-state index contributed by atoms with van der Waals surface area (Å²) in [6, 6.07) is 9.61. The smallest absolute Gasteiger partial charge is 0.407 e. The highest BCUT2D eigenvalue weighted by molar-refractivity contribution is 5.99. The van der Waals surface area contributed by atoms with Gasteiger partial charge in [0.2, 0.25) is 58.5 Å². The van der Waals surface area contributed by atoms with Crippen molar-refractivity contribution in [1.29, 1.82) is 0 Å². The lowest BCUT2D eigenvalue weighted by Gasteiger charge is -2.37. The van der Waals surface area contributed by atoms with Crippen molar-refractivity contribution >= 4 is 111 Å². The summed E-state index contributed by atoms with van der Waals surface area (Å²) in [6.07, 6.45) is -1.54. The average molecular weight is 1940 g/mol. The van der Waals surface area contributed by atoms with Crippen molar-refractivity contribution in [1.82, 2.24) is 66.1 Å². The first-order valence-electron chi connectivity index (χ1n) is 47.3. The van der Waals surface area contributed by atoms with Crippen molar-refractivity contribution in [3.05, 3.63) is 126 Å². The third kappa shape index (κ3) is 24.7. The number of benzene rings is 2. The number of alkyl carbamates (subject to hydrolysis) is 1. The van der Waals surface area contributed by atoms with Gasteiger partial charge in [0.15, 0.2) is 0 Å². The minimum atomic E-state index is -2.13. The monoisotopic (exact) mass is 1930 g/mol. The first-order valence-corrected chi connectivity index (χ1v) is 47.3. The Morgan fingerprint density at radius 1 is 0.518 bits per heavy atom. The largest absolute Gasteiger partial charge is 0.481 e. The number of hydrogen-bond donors (Lipinski definition) is 9. The van der Waals surface area contributed by atoms with E-state index in [1.54, 1.807) is 76.7 Å². The van der Waals surface area contributed by atoms with Crippen molar-refractivity contribution in [2.75, 3.05) is 92.2 Å². The number of fused-ring (bicyclic) bond motifs is 10. The van der Waals surface area contributed by atoms with Crippen LogP contribution < -0.4 is 48.3 Å². The second-order valence-corrected chi connectivity index (χ2v) is 36.2. The van der Waals surface area contributed by atoms with Gasteiger partial charge < -0.3 is 114 Å². The van der Waals surface area contributed by atoms with Crippen LogP contribution in [0.15, 0.2) is 70.3 Å². The van der Waals surface area contributed by atoms with E-state index in [4.69, 9.17) is 57.3 Å². The van der Waals surface area contributed by atoms with Gasteiger partial charge in [-0.15, -0.1) is 0 Å². The zero-order valence-corrected chi connectivity index (χ0v) is 79.8. The molecule has 0 saturated carbocycles. The highest BCUT2D eigenvalue weighted by Gasteiger charge is 2.55. The summed E-state index contributed by atoms with van der Waals surface area (Å²) in [5, 5.41) is 39.9. The summed E-state index contributed by atoms with van der Waals surface area (Å²) < 4.78 is 59.8. The molecule has 9 amide bonds. The molecular formula is C97H123N13O29. The topological polar surface area (TPSA) is 549 Å². The molecule has 139 heavy (non-hydrogen) atoms. The number of pyridine rings is 4. The number of carbonyl (C=O) groups is 15. The van der Waals surface area contributed by atoms with Crippen molar-refractivity contribution in [2.24, 2.45) is 5.92 Å². The lowest BCUT2D eigenvalue weighted by Crippen LogP contribution is -2.57. The highest BCUT2D eigenvalue weighted by atomic mass is 16.6. The van der Waals surface area contributed by atoms with Gasteiger partial charge in [-0.2, -0.15) is 0 Å². The molecule has 9 N–H and O–H groups in total. The van der Waals surface area contributed by atoms with Crippen LogP contribution in [-0.2, 0) is 165 Å². The number of hydrogen-bond acceptors (Lipinski definition) is 29. The Morgan fingerprint density at radius 2 is 0.986 bits per heavy atom. The minimum Gasteiger partial charge on any atom is -0.481 e. The number of esters is 4. The molecule has 4 aromatic heterocycles. The zero-order chi connectivity index (χ0) is 100. The van der Waals surface area contributed by atoms with Crippen LogP contribution in [0.5, 0.6) is 0 Å². The number of carboxylic acid groups (broad SMARTS) is 2. The standard InChI is InChI=1S/C97H123N13O29/c1-11-56-58-21-15-17-23-66(58)104-82-60(56)49-109-73(82)45-64-62(86(109)121)51-135-92(127)96(64,13-3)137-90(125)72-26-20-35-108(72)89(124)70(48-80(117)118)103-76(112)30-37-130-40-33-99-84(119)68(101-78(114)53-134-36-29-55(7)100-94(129)139-95(8,9)10)27-28-75(111)98-32-39-132-42-44-133-43-41-131-38-31-77(113)102-69(47-79(115)116)88(123)107-34-19-25-71(107)85(120)106-81(54(5)6)91(126)138-97(14-4)65-46-74-83-61(50-110(74)87(122)63(65)52-136-93(97)128)57(12-2)59-22-16-18-24-67(59)105-83/h15-18,21-24,45-46,54-55,68-72,81H,11-14,19-20,25-44,47-53H2,1-10H3,(H,98,111)(H,99,119)(H,100,129)(H,101,114)(H,102,113)(H,103,112)(H,106,120)(H,115,116)(H,117,118)/t55?,68?,69-,70+,71?,72+,81-,96+,97-/m0/s1. The van der Waals surface area contributed by atoms with Gasteiger partial charge in [-0.25, -0.2) is 33.9 Å². The number of carboxylic acids is 2. The van der Waals surface area contributed by atoms with Crippen LogP contribution in [0.25, 0.3) is 44.6 Å². The Labute approximate surface area is 800 Å². The van der Waals surface area contributed by atoms with Crippen molar-refractivity contribution < 1.29 is 129 Å². The Kier molecular flexibility index (Phi) is 35.4. The molecule has 2 saturated heterocycles. The van der Waals surface area contributed by atoms with E-state index in [9.17, 15) is 91.7 Å². The number of likely N-dealkylation sites (tertiary alicyclic amines) is 2. The predicted octanol–water partition coefficient (Wildman–Crippen LogP) is 4.11. The van der Waals surface area contributed by atoms with E-state index in [0.29, 0.717) is 47.6 Å². The maximum absolute atomic E-state index is 14.5. The number of carbonyl (C=O) groups excluding carboxylic acids is 13. The molecule has 3 unspecified atom stereocenters. The van der Waals surface area contributed by atoms with Crippen LogP contribution in [0.1, 0.15) is 197 Å². The maximum Gasteiger partial charge on any atom is 0.407 e. The summed E-state index contributed by atoms with van der Waals surface area (Å²) >= 11 is 0. The van der Waals surface area contributed by atoms with Crippen molar-refractivity contribution in [3.63, 3.8) is 0 Å². The van der Waals surface area contributed by atoms with Gasteiger partial charge in [0, 0.05) is 91.1 Å². The van der Waals surface area contributed by atoms with Crippen molar-refractivity contribution in [2.45, 2.75) is 251 Å². The molecule has 6 aliphatic rings. The number of nitrogens with one attached hydrogen (secondary N) is 7. The quantitative estimate of drug-likeness (QED) is 0.0147. The normalized spacial score (nSPS) is 18.2. The Morgan fingerprint density at radius 3 is 1.48 bits per heavy atom. The number of aliphatic carboxylic acids is 2. The number of rotatable bonds is 48. The second kappa shape index (κ2) is 47.0. The summed E-state index contributed by atoms with van der Waals surface area (Å²) in [4.78, 5) is 244. The summed E-state index contributed by atoms with van der Waals surface area (Å²) in [7, 11) is 0. The summed E-state index contributed by atoms with van der Waals surface area (Å²) in [6.45, 7) is 16.0. The van der Waals surface area contributed by atoms with Crippen LogP contribution in [0.2, 0.25) is 0 Å². The third-order valence-corrected chi connectivity index (χ3v) is 25.3. The summed E-state index contributed by atoms with van der Waals surface area (Å²) in [5.74, 6) is -13.5. The van der Waals surface area contributed by atoms with Gasteiger partial charge in [0.25, 0.3) is 11.1 Å². The van der Waals surface area contributed by atoms with Gasteiger partial charge >= 0.3 is 41.9 Å². The molecule has 0 bridgehead atoms. The molecule has 750 valence electrons. The van der Waals surface area contributed by atoms with Crippen LogP contribution in [-0.4, -0.2) is 268 Å². The number of cyclic esters (lactones) is 2. The molecule has 0 radical (unpaired) electrons. The molecule has 6 aromatic rings. The first-order chi connectivity index (χ1) is 66.4. The number of nitrogens with zero attached hydrogens (tertiary/aromatic N) is 6. The highest BCUT2D eigenvalue weighted by Crippen LogP contribution is 2.46. The predicted molar refractivity (Wildman–Crippen MR) is 494 cm³/mol. The number of amides is 9. The lowest BCUT2D eigenvalue weighted by atomic mass is 9.85. The van der Waals surface area contributed by atoms with Crippen LogP contribution in [0.4, 0.5) is 4.79 Å². The van der Waals surface area contributed by atoms with Gasteiger partial charge in [-0.05, 0) is 133 Å². The van der Waals surface area contributed by atoms with Crippen LogP contribution in [0.3, 0.4) is 0 Å². The van der Waals surface area contributed by atoms with E-state index in [0.717, 1.165) is 48.3 Å². The van der Waals surface area contributed by atoms with Crippen LogP contribution in [0, 0.1) is 5.92 Å². The first kappa shape index (κ1) is 105. The fourth-order valence-corrected chi connectivity index (χ4v) is 18.3. The Bertz CT molecular complexity index is 5810. The number of ether oxygens (including phenoxy) is 10. The SMILES string of the molecule is CCc1c2c(nc3ccccc13)-c1cc3c(c(=O)n1C2)COC(=O)[C@]3(CC)OC(=O)[C@H]1CCCN1C(=O)[C@@H](CC(=O)O)NC(=O)CCOCCNC(=O)C(CCC(=O)NCCOCCOCCOCCC(=O)N[C@@H](CC(=O)O)C(=O)N1CCCC1C(=O)N[C@H](C(=O)O[C@]1(CC)C(=O)OCc2c1cc1n(c2=O)Cc2c-1nc1ccccc1c2CC)C(C)C)NC(=O)COCCC(C)NC(=O)OC(C)(C)C. The number of para-hydroxylation sites is 2. The molecule has 9 atom stereocenters. The van der Waals surface area contributed by atoms with E-state index in [-0.39, 0.29) is 185 Å². The zero-order valence-electron chi connectivity index (χ0n) is 79.8. The fourth-order valence-electron chi connectivity index (χ4n) is 18.3. The summed E-state index contributed by atoms with van der Waals surface area (Å²) in [5.41, 5.74) is 1.75. The second-order valence-electron chi connectivity index (χ2n) is 36.2. The molecule has 0 aliphatic carbocycles. The van der Waals surface area contributed by atoms with Crippen molar-refractivity contribution in [3.8, 4) is 22.8 Å². The van der Waals surface area contributed by atoms with Gasteiger partial charge in [0.1, 0.15) is 61.7 Å². The van der Waals surface area contributed by atoms with E-state index >= 15 is 0 Å². The average Bonchev–Trinajstić information content (AvgIpc) is 1.60. The molecule has 2 aromatic carbocycles. The van der Waals surface area contributed by atoms with Gasteiger partial charge in [0.05, 0.1) is 124 Å². The molecule has 0 spiro atoms.